The molecule has 0 spiro atoms. The highest BCUT2D eigenvalue weighted by molar-refractivity contribution is 5.65. The fraction of sp³-hybridized carbons (Fsp3) is 0.417. The van der Waals surface area contributed by atoms with E-state index in [9.17, 15) is 4.79 Å². The van der Waals surface area contributed by atoms with E-state index in [0.717, 1.165) is 12.2 Å². The zero-order valence-corrected chi connectivity index (χ0v) is 9.56. The van der Waals surface area contributed by atoms with Gasteiger partial charge in [0.25, 0.3) is 0 Å². The van der Waals surface area contributed by atoms with Gasteiger partial charge in [-0.1, -0.05) is 18.2 Å². The second kappa shape index (κ2) is 6.85. The maximum Gasteiger partial charge on any atom is 0.302 e. The molecule has 4 heteroatoms. The lowest BCUT2D eigenvalue weighted by Gasteiger charge is -2.23. The van der Waals surface area contributed by atoms with Crippen LogP contribution in [0.4, 0.5) is 5.69 Å². The van der Waals surface area contributed by atoms with E-state index in [-0.39, 0.29) is 5.97 Å². The molecule has 2 N–H and O–H groups in total. The maximum atomic E-state index is 10.7. The van der Waals surface area contributed by atoms with Gasteiger partial charge in [-0.15, -0.1) is 0 Å². The third-order valence-electron chi connectivity index (χ3n) is 2.19. The molecule has 0 radical (unpaired) electrons. The molecule has 0 aliphatic carbocycles. The molecule has 0 aliphatic heterocycles. The van der Waals surface area contributed by atoms with E-state index >= 15 is 0 Å². The van der Waals surface area contributed by atoms with Gasteiger partial charge in [0.05, 0.1) is 6.54 Å². The minimum absolute atomic E-state index is 0.249. The first-order chi connectivity index (χ1) is 7.74. The Bertz CT molecular complexity index is 314. The van der Waals surface area contributed by atoms with Gasteiger partial charge in [0.2, 0.25) is 0 Å². The normalized spacial score (nSPS) is 9.88. The third kappa shape index (κ3) is 4.31. The smallest absolute Gasteiger partial charge is 0.302 e. The van der Waals surface area contributed by atoms with Crippen LogP contribution in [0.25, 0.3) is 0 Å². The van der Waals surface area contributed by atoms with Crippen LogP contribution in [0.15, 0.2) is 30.3 Å². The van der Waals surface area contributed by atoms with E-state index < -0.39 is 0 Å². The molecule has 0 unspecified atom stereocenters. The first-order valence-electron chi connectivity index (χ1n) is 5.37. The number of hydrogen-bond acceptors (Lipinski definition) is 4. The quantitative estimate of drug-likeness (QED) is 0.730. The van der Waals surface area contributed by atoms with Crippen LogP contribution in [0.2, 0.25) is 0 Å². The Labute approximate surface area is 96.0 Å². The number of para-hydroxylation sites is 1. The Hall–Kier alpha value is -1.55. The molecule has 88 valence electrons. The number of rotatable bonds is 6. The number of benzene rings is 1. The van der Waals surface area contributed by atoms with Crippen molar-refractivity contribution in [2.75, 3.05) is 31.1 Å². The summed E-state index contributed by atoms with van der Waals surface area (Å²) in [4.78, 5) is 12.8. The molecular formula is C12H18N2O2. The Balaban J connectivity index is 2.51. The molecule has 0 amide bonds. The summed E-state index contributed by atoms with van der Waals surface area (Å²) in [5.41, 5.74) is 6.65. The zero-order valence-electron chi connectivity index (χ0n) is 9.56. The molecule has 0 aliphatic rings. The number of carbonyl (C=O) groups is 1. The van der Waals surface area contributed by atoms with Crippen LogP contribution in [-0.4, -0.2) is 32.2 Å². The summed E-state index contributed by atoms with van der Waals surface area (Å²) in [5.74, 6) is -0.249. The lowest BCUT2D eigenvalue weighted by molar-refractivity contribution is -0.140. The Morgan fingerprint density at radius 3 is 2.56 bits per heavy atom. The van der Waals surface area contributed by atoms with Crippen LogP contribution < -0.4 is 10.6 Å². The average molecular weight is 222 g/mol. The second-order valence-corrected chi connectivity index (χ2v) is 3.45. The minimum Gasteiger partial charge on any atom is -0.464 e. The monoisotopic (exact) mass is 222 g/mol. The standard InChI is InChI=1S/C12H18N2O2/c1-11(15)16-10-9-14(8-7-13)12-5-3-2-4-6-12/h2-6H,7-10,13H2,1H3. The molecule has 16 heavy (non-hydrogen) atoms. The molecular weight excluding hydrogens is 204 g/mol. The zero-order chi connectivity index (χ0) is 11.8. The van der Waals surface area contributed by atoms with E-state index in [2.05, 4.69) is 4.90 Å². The van der Waals surface area contributed by atoms with Crippen LogP contribution in [0.3, 0.4) is 0 Å². The van der Waals surface area contributed by atoms with Crippen molar-refractivity contribution in [2.45, 2.75) is 6.92 Å². The van der Waals surface area contributed by atoms with Crippen molar-refractivity contribution in [3.8, 4) is 0 Å². The van der Waals surface area contributed by atoms with E-state index in [0.29, 0.717) is 19.7 Å². The second-order valence-electron chi connectivity index (χ2n) is 3.45. The Morgan fingerprint density at radius 1 is 1.31 bits per heavy atom. The van der Waals surface area contributed by atoms with Gasteiger partial charge in [0.1, 0.15) is 6.61 Å². The lowest BCUT2D eigenvalue weighted by atomic mass is 10.3. The first-order valence-corrected chi connectivity index (χ1v) is 5.37. The molecule has 0 atom stereocenters. The van der Waals surface area contributed by atoms with Crippen molar-refractivity contribution >= 4 is 11.7 Å². The molecule has 1 rings (SSSR count). The number of esters is 1. The summed E-state index contributed by atoms with van der Waals surface area (Å²) in [7, 11) is 0. The Kier molecular flexibility index (Phi) is 5.36. The van der Waals surface area contributed by atoms with Crippen LogP contribution in [0.1, 0.15) is 6.92 Å². The molecule has 0 saturated carbocycles. The maximum absolute atomic E-state index is 10.7. The first kappa shape index (κ1) is 12.5. The van der Waals surface area contributed by atoms with Crippen LogP contribution in [-0.2, 0) is 9.53 Å². The number of ether oxygens (including phenoxy) is 1. The number of nitrogens with zero attached hydrogens (tertiary/aromatic N) is 1. The van der Waals surface area contributed by atoms with E-state index in [4.69, 9.17) is 10.5 Å². The molecule has 0 heterocycles. The van der Waals surface area contributed by atoms with Crippen LogP contribution in [0.5, 0.6) is 0 Å². The van der Waals surface area contributed by atoms with Gasteiger partial charge in [-0.05, 0) is 12.1 Å². The largest absolute Gasteiger partial charge is 0.464 e. The van der Waals surface area contributed by atoms with Gasteiger partial charge < -0.3 is 15.4 Å². The molecule has 0 fully saturated rings. The number of hydrogen-bond donors (Lipinski definition) is 1. The van der Waals surface area contributed by atoms with Crippen LogP contribution in [0, 0.1) is 0 Å². The molecule has 0 saturated heterocycles. The van der Waals surface area contributed by atoms with Crippen molar-refractivity contribution < 1.29 is 9.53 Å². The molecule has 4 nitrogen and oxygen atoms in total. The number of nitrogens with two attached hydrogens (primary N) is 1. The predicted molar refractivity (Wildman–Crippen MR) is 64.3 cm³/mol. The van der Waals surface area contributed by atoms with Gasteiger partial charge in [0.15, 0.2) is 0 Å². The third-order valence-corrected chi connectivity index (χ3v) is 2.19. The van der Waals surface area contributed by atoms with E-state index in [1.165, 1.54) is 6.92 Å². The van der Waals surface area contributed by atoms with Gasteiger partial charge in [0, 0.05) is 25.7 Å². The van der Waals surface area contributed by atoms with Crippen molar-refractivity contribution in [3.05, 3.63) is 30.3 Å². The highest BCUT2D eigenvalue weighted by atomic mass is 16.5. The summed E-state index contributed by atoms with van der Waals surface area (Å²) < 4.78 is 4.92. The van der Waals surface area contributed by atoms with Gasteiger partial charge in [-0.25, -0.2) is 0 Å². The lowest BCUT2D eigenvalue weighted by Crippen LogP contribution is -2.32. The van der Waals surface area contributed by atoms with Crippen molar-refractivity contribution in [1.29, 1.82) is 0 Å². The Morgan fingerprint density at radius 2 is 2.00 bits per heavy atom. The summed E-state index contributed by atoms with van der Waals surface area (Å²) in [6.45, 7) is 3.81. The van der Waals surface area contributed by atoms with E-state index in [1.54, 1.807) is 0 Å². The SMILES string of the molecule is CC(=O)OCCN(CCN)c1ccccc1. The van der Waals surface area contributed by atoms with Crippen molar-refractivity contribution in [1.82, 2.24) is 0 Å². The van der Waals surface area contributed by atoms with Crippen LogP contribution >= 0.6 is 0 Å². The average Bonchev–Trinajstić information content (AvgIpc) is 2.29. The van der Waals surface area contributed by atoms with Crippen molar-refractivity contribution in [3.63, 3.8) is 0 Å². The number of carbonyl (C=O) groups excluding carboxylic acids is 1. The highest BCUT2D eigenvalue weighted by Crippen LogP contribution is 2.11. The van der Waals surface area contributed by atoms with Crippen molar-refractivity contribution in [2.24, 2.45) is 5.73 Å². The van der Waals surface area contributed by atoms with Gasteiger partial charge in [-0.2, -0.15) is 0 Å². The summed E-state index contributed by atoms with van der Waals surface area (Å²) in [5, 5.41) is 0. The molecule has 0 bridgehead atoms. The van der Waals surface area contributed by atoms with Gasteiger partial charge in [-0.3, -0.25) is 4.79 Å². The topological polar surface area (TPSA) is 55.6 Å². The fourth-order valence-electron chi connectivity index (χ4n) is 1.46. The highest BCUT2D eigenvalue weighted by Gasteiger charge is 2.05. The fourth-order valence-corrected chi connectivity index (χ4v) is 1.46. The molecule has 0 aromatic heterocycles. The number of anilines is 1. The summed E-state index contributed by atoms with van der Waals surface area (Å²) >= 11 is 0. The predicted octanol–water partition coefficient (Wildman–Crippen LogP) is 1.01. The van der Waals surface area contributed by atoms with Gasteiger partial charge >= 0.3 is 5.97 Å². The molecule has 1 aromatic rings. The summed E-state index contributed by atoms with van der Waals surface area (Å²) in [6, 6.07) is 9.96. The minimum atomic E-state index is -0.249. The molecule has 1 aromatic carbocycles. The summed E-state index contributed by atoms with van der Waals surface area (Å²) in [6.07, 6.45) is 0. The van der Waals surface area contributed by atoms with E-state index in [1.807, 2.05) is 30.3 Å².